The molecule has 0 amide bonds. The van der Waals surface area contributed by atoms with Crippen molar-refractivity contribution in [2.45, 2.75) is 0 Å². The molecule has 3 nitrogen and oxygen atoms in total. The van der Waals surface area contributed by atoms with Crippen molar-refractivity contribution >= 4 is 98.0 Å². The van der Waals surface area contributed by atoms with Gasteiger partial charge >= 0.3 is 0 Å². The Morgan fingerprint density at radius 2 is 0.889 bits per heavy atom. The maximum absolute atomic E-state index is 2.54. The monoisotopic (exact) mass is 569 g/mol. The number of rotatable bonds is 1. The average Bonchev–Trinajstić information content (AvgIpc) is 3.88. The molecular formula is C42H23N3. The van der Waals surface area contributed by atoms with E-state index in [1.807, 2.05) is 0 Å². The Balaban J connectivity index is 1.44. The highest BCUT2D eigenvalue weighted by Crippen LogP contribution is 2.50. The number of benzene rings is 7. The zero-order valence-corrected chi connectivity index (χ0v) is 24.1. The van der Waals surface area contributed by atoms with E-state index in [9.17, 15) is 0 Å². The molecule has 12 rings (SSSR count). The van der Waals surface area contributed by atoms with Gasteiger partial charge in [-0.3, -0.25) is 0 Å². The molecule has 0 fully saturated rings. The first kappa shape index (κ1) is 22.5. The van der Waals surface area contributed by atoms with Gasteiger partial charge in [-0.1, -0.05) is 97.1 Å². The molecular weight excluding hydrogens is 546 g/mol. The van der Waals surface area contributed by atoms with Crippen LogP contribution in [0.5, 0.6) is 0 Å². The van der Waals surface area contributed by atoms with Gasteiger partial charge in [0.2, 0.25) is 0 Å². The molecule has 206 valence electrons. The van der Waals surface area contributed by atoms with Crippen LogP contribution in [0.4, 0.5) is 0 Å². The lowest BCUT2D eigenvalue weighted by molar-refractivity contribution is 1.19. The summed E-state index contributed by atoms with van der Waals surface area (Å²) < 4.78 is 7.55. The van der Waals surface area contributed by atoms with Crippen LogP contribution in [0.15, 0.2) is 140 Å². The highest BCUT2D eigenvalue weighted by atomic mass is 15.0. The lowest BCUT2D eigenvalue weighted by Gasteiger charge is -2.09. The Hall–Kier alpha value is -6.06. The Morgan fingerprint density at radius 1 is 0.289 bits per heavy atom. The molecule has 5 aromatic heterocycles. The maximum atomic E-state index is 2.54. The summed E-state index contributed by atoms with van der Waals surface area (Å²) >= 11 is 0. The van der Waals surface area contributed by atoms with Crippen molar-refractivity contribution in [2.75, 3.05) is 0 Å². The minimum absolute atomic E-state index is 1.18. The second-order valence-electron chi connectivity index (χ2n) is 12.5. The standard InChI is InChI=1S/C42H23N3/c1-2-11-24(12-3-1)43-32-18-7-4-14-26(32)28-21-22-35-38(41(28)43)31-23-36-37(39-29-15-6-9-20-34(29)44(35)42(31)39)30-17-10-16-27-25-13-5-8-19-33(25)45(36)40(27)30/h1-23H. The summed E-state index contributed by atoms with van der Waals surface area (Å²) in [6.07, 6.45) is 0. The fraction of sp³-hybridized carbons (Fsp3) is 0. The van der Waals surface area contributed by atoms with E-state index < -0.39 is 0 Å². The van der Waals surface area contributed by atoms with Crippen LogP contribution in [-0.2, 0) is 0 Å². The Labute approximate surface area is 256 Å². The molecule has 0 unspecified atom stereocenters. The normalized spacial score (nSPS) is 12.9. The van der Waals surface area contributed by atoms with Crippen LogP contribution >= 0.6 is 0 Å². The van der Waals surface area contributed by atoms with E-state index in [0.717, 1.165) is 0 Å². The summed E-state index contributed by atoms with van der Waals surface area (Å²) in [6.45, 7) is 0. The smallest absolute Gasteiger partial charge is 0.0641 e. The van der Waals surface area contributed by atoms with E-state index in [4.69, 9.17) is 0 Å². The lowest BCUT2D eigenvalue weighted by atomic mass is 10.00. The van der Waals surface area contributed by atoms with Crippen LogP contribution < -0.4 is 0 Å². The van der Waals surface area contributed by atoms with Gasteiger partial charge < -0.3 is 13.4 Å². The third-order valence-corrected chi connectivity index (χ3v) is 10.5. The highest BCUT2D eigenvalue weighted by Gasteiger charge is 2.27. The van der Waals surface area contributed by atoms with Gasteiger partial charge in [-0.05, 0) is 42.5 Å². The Morgan fingerprint density at radius 3 is 1.71 bits per heavy atom. The van der Waals surface area contributed by atoms with Crippen LogP contribution in [0.3, 0.4) is 0 Å². The molecule has 0 radical (unpaired) electrons. The molecule has 7 aromatic carbocycles. The number of para-hydroxylation sites is 5. The average molecular weight is 570 g/mol. The minimum atomic E-state index is 1.18. The summed E-state index contributed by atoms with van der Waals surface area (Å²) in [7, 11) is 0. The first-order valence-electron chi connectivity index (χ1n) is 15.6. The van der Waals surface area contributed by atoms with E-state index in [1.54, 1.807) is 0 Å². The molecule has 45 heavy (non-hydrogen) atoms. The number of hydrogen-bond acceptors (Lipinski definition) is 0. The SMILES string of the molecule is c1ccc(-n2c3ccccc3c3ccc4c(c5cc6c(c7cccc8c9ccccc9n6c87)c6c7ccccc7n4c56)c32)cc1. The first-order chi connectivity index (χ1) is 22.4. The Kier molecular flexibility index (Phi) is 3.76. The minimum Gasteiger partial charge on any atom is -0.309 e. The van der Waals surface area contributed by atoms with E-state index in [-0.39, 0.29) is 0 Å². The molecule has 0 aliphatic rings. The van der Waals surface area contributed by atoms with Crippen molar-refractivity contribution in [1.82, 2.24) is 13.4 Å². The fourth-order valence-corrected chi connectivity index (χ4v) is 8.86. The zero-order chi connectivity index (χ0) is 29.0. The van der Waals surface area contributed by atoms with Gasteiger partial charge in [0.05, 0.1) is 44.1 Å². The van der Waals surface area contributed by atoms with Crippen LogP contribution in [0.25, 0.3) is 104 Å². The van der Waals surface area contributed by atoms with Gasteiger partial charge in [-0.2, -0.15) is 0 Å². The van der Waals surface area contributed by atoms with E-state index in [0.29, 0.717) is 0 Å². The highest BCUT2D eigenvalue weighted by molar-refractivity contribution is 6.40. The van der Waals surface area contributed by atoms with E-state index in [1.165, 1.54) is 104 Å². The van der Waals surface area contributed by atoms with Crippen molar-refractivity contribution < 1.29 is 0 Å². The molecule has 0 saturated carbocycles. The van der Waals surface area contributed by atoms with Crippen LogP contribution in [0.2, 0.25) is 0 Å². The second-order valence-corrected chi connectivity index (χ2v) is 12.5. The summed E-state index contributed by atoms with van der Waals surface area (Å²) in [6, 6.07) is 51.6. The molecule has 0 aliphatic heterocycles. The van der Waals surface area contributed by atoms with Crippen molar-refractivity contribution in [1.29, 1.82) is 0 Å². The largest absolute Gasteiger partial charge is 0.309 e. The van der Waals surface area contributed by atoms with E-state index in [2.05, 4.69) is 153 Å². The summed E-state index contributed by atoms with van der Waals surface area (Å²) in [5.41, 5.74) is 11.4. The number of aromatic nitrogens is 3. The number of hydrogen-bond donors (Lipinski definition) is 0. The van der Waals surface area contributed by atoms with Crippen LogP contribution in [0, 0.1) is 0 Å². The fourth-order valence-electron chi connectivity index (χ4n) is 8.86. The summed E-state index contributed by atoms with van der Waals surface area (Å²) in [5.74, 6) is 0. The van der Waals surface area contributed by atoms with Crippen molar-refractivity contribution in [3.8, 4) is 5.69 Å². The molecule has 0 spiro atoms. The molecule has 0 saturated heterocycles. The predicted octanol–water partition coefficient (Wildman–Crippen LogP) is 11.1. The molecule has 0 bridgehead atoms. The lowest BCUT2D eigenvalue weighted by Crippen LogP contribution is -1.93. The molecule has 3 heteroatoms. The Bertz CT molecular complexity index is 3190. The van der Waals surface area contributed by atoms with Gasteiger partial charge in [-0.15, -0.1) is 0 Å². The summed E-state index contributed by atoms with van der Waals surface area (Å²) in [5, 5.41) is 13.2. The zero-order valence-electron chi connectivity index (χ0n) is 24.1. The number of fused-ring (bicyclic) bond motifs is 17. The predicted molar refractivity (Wildman–Crippen MR) is 190 cm³/mol. The quantitative estimate of drug-likeness (QED) is 0.187. The van der Waals surface area contributed by atoms with Gasteiger partial charge in [-0.25, -0.2) is 0 Å². The van der Waals surface area contributed by atoms with Crippen LogP contribution in [0.1, 0.15) is 0 Å². The van der Waals surface area contributed by atoms with Gasteiger partial charge in [0.15, 0.2) is 0 Å². The molecule has 0 aliphatic carbocycles. The molecule has 12 aromatic rings. The molecule has 0 N–H and O–H groups in total. The third kappa shape index (κ3) is 2.43. The summed E-state index contributed by atoms with van der Waals surface area (Å²) in [4.78, 5) is 0. The van der Waals surface area contributed by atoms with Crippen molar-refractivity contribution in [3.05, 3.63) is 140 Å². The van der Waals surface area contributed by atoms with Crippen molar-refractivity contribution in [2.24, 2.45) is 0 Å². The topological polar surface area (TPSA) is 13.8 Å². The van der Waals surface area contributed by atoms with Crippen LogP contribution in [-0.4, -0.2) is 13.4 Å². The van der Waals surface area contributed by atoms with Gasteiger partial charge in [0, 0.05) is 59.5 Å². The van der Waals surface area contributed by atoms with Gasteiger partial charge in [0.1, 0.15) is 0 Å². The maximum Gasteiger partial charge on any atom is 0.0641 e. The van der Waals surface area contributed by atoms with E-state index >= 15 is 0 Å². The first-order valence-corrected chi connectivity index (χ1v) is 15.6. The van der Waals surface area contributed by atoms with Gasteiger partial charge in [0.25, 0.3) is 0 Å². The molecule has 5 heterocycles. The van der Waals surface area contributed by atoms with Crippen molar-refractivity contribution in [3.63, 3.8) is 0 Å². The molecule has 0 atom stereocenters. The second kappa shape index (κ2) is 7.53. The third-order valence-electron chi connectivity index (χ3n) is 10.5. The number of nitrogens with zero attached hydrogens (tertiary/aromatic N) is 3.